The fourth-order valence-corrected chi connectivity index (χ4v) is 4.64. The molecule has 0 aliphatic carbocycles. The van der Waals surface area contributed by atoms with Crippen LogP contribution in [0.25, 0.3) is 5.69 Å². The summed E-state index contributed by atoms with van der Waals surface area (Å²) in [5, 5.41) is 0. The van der Waals surface area contributed by atoms with Crippen LogP contribution in [0.5, 0.6) is 0 Å². The number of hydrogen-bond donors (Lipinski definition) is 1. The smallest absolute Gasteiger partial charge is 0.128 e. The Balaban J connectivity index is 2.40. The molecule has 2 aromatic rings. The van der Waals surface area contributed by atoms with Gasteiger partial charge in [0.15, 0.2) is 0 Å². The lowest BCUT2D eigenvalue weighted by molar-refractivity contribution is 0.727. The van der Waals surface area contributed by atoms with Crippen LogP contribution in [-0.2, 0) is 6.42 Å². The van der Waals surface area contributed by atoms with Crippen LogP contribution in [0.1, 0.15) is 73.3 Å². The lowest BCUT2D eigenvalue weighted by atomic mass is 10.0. The van der Waals surface area contributed by atoms with Gasteiger partial charge in [0, 0.05) is 17.8 Å². The quantitative estimate of drug-likeness (QED) is 0.783. The Morgan fingerprint density at radius 3 is 2.19 bits per heavy atom. The first-order chi connectivity index (χ1) is 12.8. The number of amidine groups is 1. The van der Waals surface area contributed by atoms with E-state index in [1.165, 1.54) is 45.0 Å². The summed E-state index contributed by atoms with van der Waals surface area (Å²) in [4.78, 5) is 7.12. The summed E-state index contributed by atoms with van der Waals surface area (Å²) in [7, 11) is 0. The maximum atomic E-state index is 6.53. The Morgan fingerprint density at radius 2 is 1.63 bits per heavy atom. The lowest BCUT2D eigenvalue weighted by Crippen LogP contribution is -2.37. The second-order valence-corrected chi connectivity index (χ2v) is 7.91. The number of aromatic nitrogens is 1. The van der Waals surface area contributed by atoms with Gasteiger partial charge in [-0.3, -0.25) is 4.57 Å². The second kappa shape index (κ2) is 7.51. The largest absolute Gasteiger partial charge is 0.316 e. The predicted octanol–water partition coefficient (Wildman–Crippen LogP) is 5.27. The highest BCUT2D eigenvalue weighted by atomic mass is 15.3. The average molecular weight is 367 g/mol. The highest BCUT2D eigenvalue weighted by Gasteiger charge is 2.33. The molecule has 2 heterocycles. The highest BCUT2D eigenvalue weighted by Crippen LogP contribution is 2.42. The molecule has 3 rings (SSSR count). The summed E-state index contributed by atoms with van der Waals surface area (Å²) in [6.45, 7) is 16.3. The molecule has 2 N–H and O–H groups in total. The minimum absolute atomic E-state index is 0.281. The SMILES string of the molecule is CCCc1c(C)c2c(n1-c1c(C)cc(C)cc1C)N(CCC)C(C)=NC2N. The molecule has 4 heteroatoms. The molecular formula is C23H34N4. The second-order valence-electron chi connectivity index (χ2n) is 7.91. The van der Waals surface area contributed by atoms with E-state index in [0.717, 1.165) is 31.6 Å². The van der Waals surface area contributed by atoms with Crippen LogP contribution in [0.3, 0.4) is 0 Å². The number of fused-ring (bicyclic) bond motifs is 1. The van der Waals surface area contributed by atoms with E-state index in [1.54, 1.807) is 0 Å². The number of hydrogen-bond acceptors (Lipinski definition) is 3. The van der Waals surface area contributed by atoms with Crippen molar-refractivity contribution >= 4 is 11.7 Å². The first-order valence-electron chi connectivity index (χ1n) is 10.2. The minimum atomic E-state index is -0.281. The van der Waals surface area contributed by atoms with Gasteiger partial charge in [0.05, 0.1) is 5.69 Å². The van der Waals surface area contributed by atoms with Crippen molar-refractivity contribution in [3.63, 3.8) is 0 Å². The van der Waals surface area contributed by atoms with Crippen LogP contribution >= 0.6 is 0 Å². The van der Waals surface area contributed by atoms with Crippen molar-refractivity contribution in [3.05, 3.63) is 45.6 Å². The van der Waals surface area contributed by atoms with Gasteiger partial charge < -0.3 is 10.6 Å². The summed E-state index contributed by atoms with van der Waals surface area (Å²) in [6, 6.07) is 4.57. The van der Waals surface area contributed by atoms with Gasteiger partial charge in [0.2, 0.25) is 0 Å². The zero-order valence-corrected chi connectivity index (χ0v) is 18.0. The summed E-state index contributed by atoms with van der Waals surface area (Å²) >= 11 is 0. The predicted molar refractivity (Wildman–Crippen MR) is 116 cm³/mol. The van der Waals surface area contributed by atoms with Crippen LogP contribution < -0.4 is 10.6 Å². The summed E-state index contributed by atoms with van der Waals surface area (Å²) in [5.74, 6) is 2.24. The van der Waals surface area contributed by atoms with Crippen molar-refractivity contribution in [3.8, 4) is 5.69 Å². The first-order valence-corrected chi connectivity index (χ1v) is 10.2. The molecule has 146 valence electrons. The van der Waals surface area contributed by atoms with Crippen LogP contribution in [0.15, 0.2) is 17.1 Å². The Labute approximate surface area is 164 Å². The van der Waals surface area contributed by atoms with E-state index in [1.807, 2.05) is 0 Å². The van der Waals surface area contributed by atoms with Crippen LogP contribution in [0.2, 0.25) is 0 Å². The molecule has 0 amide bonds. The van der Waals surface area contributed by atoms with Gasteiger partial charge in [-0.2, -0.15) is 0 Å². The number of benzene rings is 1. The molecule has 0 saturated heterocycles. The summed E-state index contributed by atoms with van der Waals surface area (Å²) in [5.41, 5.74) is 15.6. The van der Waals surface area contributed by atoms with Crippen molar-refractivity contribution in [2.24, 2.45) is 10.7 Å². The van der Waals surface area contributed by atoms with E-state index < -0.39 is 0 Å². The van der Waals surface area contributed by atoms with Crippen molar-refractivity contribution < 1.29 is 0 Å². The number of nitrogens with zero attached hydrogens (tertiary/aromatic N) is 3. The maximum Gasteiger partial charge on any atom is 0.128 e. The van der Waals surface area contributed by atoms with Gasteiger partial charge in [-0.1, -0.05) is 38.0 Å². The fourth-order valence-electron chi connectivity index (χ4n) is 4.64. The molecule has 1 aliphatic rings. The number of nitrogens with two attached hydrogens (primary N) is 1. The third-order valence-electron chi connectivity index (χ3n) is 5.62. The molecule has 0 saturated carbocycles. The Bertz CT molecular complexity index is 865. The molecule has 1 aliphatic heterocycles. The molecule has 0 bridgehead atoms. The van der Waals surface area contributed by atoms with E-state index in [2.05, 4.69) is 70.1 Å². The summed E-state index contributed by atoms with van der Waals surface area (Å²) < 4.78 is 2.49. The molecular weight excluding hydrogens is 332 g/mol. The van der Waals surface area contributed by atoms with Crippen molar-refractivity contribution in [2.45, 2.75) is 73.9 Å². The van der Waals surface area contributed by atoms with Crippen molar-refractivity contribution in [2.75, 3.05) is 11.4 Å². The van der Waals surface area contributed by atoms with Gasteiger partial charge in [-0.15, -0.1) is 0 Å². The van der Waals surface area contributed by atoms with Crippen molar-refractivity contribution in [1.82, 2.24) is 4.57 Å². The highest BCUT2D eigenvalue weighted by molar-refractivity contribution is 5.98. The minimum Gasteiger partial charge on any atom is -0.316 e. The zero-order chi connectivity index (χ0) is 19.9. The van der Waals surface area contributed by atoms with Crippen molar-refractivity contribution in [1.29, 1.82) is 0 Å². The first kappa shape index (κ1) is 19.7. The number of anilines is 1. The fraction of sp³-hybridized carbons (Fsp3) is 0.522. The number of rotatable bonds is 5. The topological polar surface area (TPSA) is 46.5 Å². The van der Waals surface area contributed by atoms with E-state index in [9.17, 15) is 0 Å². The lowest BCUT2D eigenvalue weighted by Gasteiger charge is -2.33. The van der Waals surface area contributed by atoms with E-state index in [0.29, 0.717) is 0 Å². The Morgan fingerprint density at radius 1 is 1.00 bits per heavy atom. The van der Waals surface area contributed by atoms with E-state index in [4.69, 9.17) is 10.7 Å². The number of aryl methyl sites for hydroxylation is 3. The summed E-state index contributed by atoms with van der Waals surface area (Å²) in [6.07, 6.45) is 2.94. The monoisotopic (exact) mass is 366 g/mol. The van der Waals surface area contributed by atoms with Gasteiger partial charge in [-0.25, -0.2) is 4.99 Å². The average Bonchev–Trinajstić information content (AvgIpc) is 2.85. The number of aliphatic imine (C=N–C) groups is 1. The third-order valence-corrected chi connectivity index (χ3v) is 5.62. The molecule has 27 heavy (non-hydrogen) atoms. The molecule has 1 atom stereocenters. The molecule has 0 radical (unpaired) electrons. The molecule has 1 unspecified atom stereocenters. The van der Waals surface area contributed by atoms with Gasteiger partial charge in [-0.05, 0) is 64.2 Å². The molecule has 4 nitrogen and oxygen atoms in total. The van der Waals surface area contributed by atoms with E-state index in [-0.39, 0.29) is 6.17 Å². The van der Waals surface area contributed by atoms with Gasteiger partial charge in [0.1, 0.15) is 17.8 Å². The van der Waals surface area contributed by atoms with Crippen LogP contribution in [0.4, 0.5) is 5.82 Å². The Kier molecular flexibility index (Phi) is 5.48. The van der Waals surface area contributed by atoms with Crippen LogP contribution in [-0.4, -0.2) is 16.9 Å². The molecule has 0 spiro atoms. The molecule has 1 aromatic carbocycles. The van der Waals surface area contributed by atoms with Crippen LogP contribution in [0, 0.1) is 27.7 Å². The zero-order valence-electron chi connectivity index (χ0n) is 18.0. The molecule has 1 aromatic heterocycles. The van der Waals surface area contributed by atoms with Gasteiger partial charge >= 0.3 is 0 Å². The van der Waals surface area contributed by atoms with E-state index >= 15 is 0 Å². The Hall–Kier alpha value is -2.07. The maximum absolute atomic E-state index is 6.53. The van der Waals surface area contributed by atoms with Gasteiger partial charge in [0.25, 0.3) is 0 Å². The third kappa shape index (κ3) is 3.20. The molecule has 0 fully saturated rings. The standard InChI is InChI=1S/C23H34N4/c1-8-10-19-17(6)20-22(24)25-18(7)26(11-9-2)23(20)27(19)21-15(4)12-14(3)13-16(21)5/h12-13,22H,8-11,24H2,1-7H3. The normalized spacial score (nSPS) is 16.5.